The monoisotopic (exact) mass is 199 g/mol. The number of amides is 3. The summed E-state index contributed by atoms with van der Waals surface area (Å²) in [4.78, 5) is 32.8. The molecule has 1 aliphatic rings. The number of hydrogen-bond donors (Lipinski definition) is 3. The summed E-state index contributed by atoms with van der Waals surface area (Å²) in [6.45, 7) is 1.50. The first-order chi connectivity index (χ1) is 6.50. The molecule has 1 aliphatic heterocycles. The summed E-state index contributed by atoms with van der Waals surface area (Å²) in [6.07, 6.45) is 0.819. The third kappa shape index (κ3) is 2.45. The quantitative estimate of drug-likeness (QED) is 0.502. The van der Waals surface area contributed by atoms with Crippen molar-refractivity contribution in [3.63, 3.8) is 0 Å². The second-order valence-electron chi connectivity index (χ2n) is 3.29. The van der Waals surface area contributed by atoms with Crippen LogP contribution in [-0.4, -0.2) is 29.8 Å². The minimum Gasteiger partial charge on any atom is -0.368 e. The molecule has 0 spiro atoms. The highest BCUT2D eigenvalue weighted by atomic mass is 16.2. The Balaban J connectivity index is 2.42. The molecule has 0 radical (unpaired) electrons. The predicted octanol–water partition coefficient (Wildman–Crippen LogP) is -1.74. The molecule has 1 heterocycles. The molecular formula is C8H13N3O3. The van der Waals surface area contributed by atoms with Gasteiger partial charge in [-0.05, 0) is 13.3 Å². The second-order valence-corrected chi connectivity index (χ2v) is 3.29. The zero-order chi connectivity index (χ0) is 10.7. The van der Waals surface area contributed by atoms with Crippen LogP contribution in [0.4, 0.5) is 0 Å². The van der Waals surface area contributed by atoms with E-state index in [2.05, 4.69) is 10.6 Å². The van der Waals surface area contributed by atoms with Gasteiger partial charge in [-0.2, -0.15) is 0 Å². The minimum absolute atomic E-state index is 0.142. The largest absolute Gasteiger partial charge is 0.368 e. The third-order valence-electron chi connectivity index (χ3n) is 2.10. The van der Waals surface area contributed by atoms with Crippen molar-refractivity contribution in [3.8, 4) is 0 Å². The predicted molar refractivity (Wildman–Crippen MR) is 48.0 cm³/mol. The highest BCUT2D eigenvalue weighted by Gasteiger charge is 2.28. The van der Waals surface area contributed by atoms with E-state index >= 15 is 0 Å². The summed E-state index contributed by atoms with van der Waals surface area (Å²) in [5, 5.41) is 4.91. The Kier molecular flexibility index (Phi) is 3.06. The van der Waals surface area contributed by atoms with Crippen LogP contribution in [0.2, 0.25) is 0 Å². The van der Waals surface area contributed by atoms with Gasteiger partial charge in [0.25, 0.3) is 0 Å². The van der Waals surface area contributed by atoms with Crippen LogP contribution in [0.25, 0.3) is 0 Å². The van der Waals surface area contributed by atoms with Crippen molar-refractivity contribution >= 4 is 17.7 Å². The van der Waals surface area contributed by atoms with E-state index in [4.69, 9.17) is 5.73 Å². The molecule has 3 amide bonds. The van der Waals surface area contributed by atoms with Crippen molar-refractivity contribution in [2.24, 2.45) is 5.73 Å². The van der Waals surface area contributed by atoms with Gasteiger partial charge in [0.2, 0.25) is 17.7 Å². The highest BCUT2D eigenvalue weighted by molar-refractivity contribution is 5.93. The Hall–Kier alpha value is -1.59. The van der Waals surface area contributed by atoms with Crippen LogP contribution in [0, 0.1) is 0 Å². The average molecular weight is 199 g/mol. The van der Waals surface area contributed by atoms with Gasteiger partial charge in [-0.15, -0.1) is 0 Å². The molecule has 0 aromatic heterocycles. The Bertz CT molecular complexity index is 277. The normalized spacial score (nSPS) is 22.6. The van der Waals surface area contributed by atoms with Crippen molar-refractivity contribution in [3.05, 3.63) is 0 Å². The number of rotatable bonds is 3. The summed E-state index contributed by atoms with van der Waals surface area (Å²) in [6, 6.07) is -1.23. The standard InChI is InChI=1S/C8H13N3O3/c1-4(7(9)13)10-8(14)5-2-3-6(12)11-5/h4-5H,2-3H2,1H3,(H2,9,13)(H,10,14)(H,11,12)/t4-,5+/m1/s1. The van der Waals surface area contributed by atoms with Gasteiger partial charge in [0.05, 0.1) is 0 Å². The molecule has 1 fully saturated rings. The molecule has 4 N–H and O–H groups in total. The first-order valence-electron chi connectivity index (χ1n) is 4.39. The summed E-state index contributed by atoms with van der Waals surface area (Å²) >= 11 is 0. The van der Waals surface area contributed by atoms with E-state index in [1.165, 1.54) is 6.92 Å². The van der Waals surface area contributed by atoms with Crippen LogP contribution in [0.1, 0.15) is 19.8 Å². The minimum atomic E-state index is -0.708. The lowest BCUT2D eigenvalue weighted by Gasteiger charge is -2.14. The zero-order valence-electron chi connectivity index (χ0n) is 7.87. The molecule has 2 atom stereocenters. The molecule has 6 nitrogen and oxygen atoms in total. The van der Waals surface area contributed by atoms with Gasteiger partial charge in [0.15, 0.2) is 0 Å². The van der Waals surface area contributed by atoms with E-state index in [9.17, 15) is 14.4 Å². The fourth-order valence-corrected chi connectivity index (χ4v) is 1.20. The van der Waals surface area contributed by atoms with E-state index < -0.39 is 18.0 Å². The summed E-state index contributed by atoms with van der Waals surface area (Å²) in [5.41, 5.74) is 4.97. The zero-order valence-corrected chi connectivity index (χ0v) is 7.87. The molecule has 14 heavy (non-hydrogen) atoms. The van der Waals surface area contributed by atoms with E-state index in [0.717, 1.165) is 0 Å². The molecular weight excluding hydrogens is 186 g/mol. The molecule has 0 aromatic carbocycles. The van der Waals surface area contributed by atoms with Crippen LogP contribution in [-0.2, 0) is 14.4 Å². The van der Waals surface area contributed by atoms with Gasteiger partial charge in [0, 0.05) is 6.42 Å². The molecule has 78 valence electrons. The molecule has 0 aliphatic carbocycles. The molecule has 1 rings (SSSR count). The fourth-order valence-electron chi connectivity index (χ4n) is 1.20. The average Bonchev–Trinajstić information content (AvgIpc) is 2.51. The van der Waals surface area contributed by atoms with E-state index in [-0.39, 0.29) is 11.8 Å². The van der Waals surface area contributed by atoms with Crippen LogP contribution in [0.3, 0.4) is 0 Å². The maximum atomic E-state index is 11.4. The molecule has 1 saturated heterocycles. The summed E-state index contributed by atoms with van der Waals surface area (Å²) in [5.74, 6) is -1.10. The topological polar surface area (TPSA) is 101 Å². The first kappa shape index (κ1) is 10.5. The van der Waals surface area contributed by atoms with Crippen molar-refractivity contribution in [1.82, 2.24) is 10.6 Å². The molecule has 0 saturated carbocycles. The Morgan fingerprint density at radius 2 is 2.29 bits per heavy atom. The number of carbonyl (C=O) groups is 3. The fraction of sp³-hybridized carbons (Fsp3) is 0.625. The number of nitrogens with one attached hydrogen (secondary N) is 2. The van der Waals surface area contributed by atoms with Gasteiger partial charge in [-0.25, -0.2) is 0 Å². The summed E-state index contributed by atoms with van der Waals surface area (Å²) in [7, 11) is 0. The number of nitrogens with two attached hydrogens (primary N) is 1. The van der Waals surface area contributed by atoms with E-state index in [0.29, 0.717) is 12.8 Å². The molecule has 0 unspecified atom stereocenters. The van der Waals surface area contributed by atoms with Crippen LogP contribution in [0.5, 0.6) is 0 Å². The summed E-state index contributed by atoms with van der Waals surface area (Å²) < 4.78 is 0. The number of hydrogen-bond acceptors (Lipinski definition) is 3. The maximum Gasteiger partial charge on any atom is 0.243 e. The van der Waals surface area contributed by atoms with E-state index in [1.54, 1.807) is 0 Å². The number of primary amides is 1. The van der Waals surface area contributed by atoms with Crippen LogP contribution < -0.4 is 16.4 Å². The van der Waals surface area contributed by atoms with E-state index in [1.807, 2.05) is 0 Å². The van der Waals surface area contributed by atoms with Crippen LogP contribution in [0.15, 0.2) is 0 Å². The molecule has 6 heteroatoms. The van der Waals surface area contributed by atoms with Gasteiger partial charge in [0.1, 0.15) is 12.1 Å². The number of carbonyl (C=O) groups excluding carboxylic acids is 3. The Labute approximate surface area is 81.2 Å². The molecule has 0 bridgehead atoms. The second kappa shape index (κ2) is 4.08. The van der Waals surface area contributed by atoms with Crippen molar-refractivity contribution in [1.29, 1.82) is 0 Å². The van der Waals surface area contributed by atoms with Gasteiger partial charge < -0.3 is 16.4 Å². The van der Waals surface area contributed by atoms with Crippen molar-refractivity contribution < 1.29 is 14.4 Å². The molecule has 0 aromatic rings. The SMILES string of the molecule is C[C@@H](NC(=O)[C@@H]1CCC(=O)N1)C(N)=O. The lowest BCUT2D eigenvalue weighted by molar-refractivity contribution is -0.129. The third-order valence-corrected chi connectivity index (χ3v) is 2.10. The Morgan fingerprint density at radius 3 is 2.71 bits per heavy atom. The van der Waals surface area contributed by atoms with Crippen LogP contribution >= 0.6 is 0 Å². The van der Waals surface area contributed by atoms with Gasteiger partial charge in [-0.1, -0.05) is 0 Å². The van der Waals surface area contributed by atoms with Crippen molar-refractivity contribution in [2.45, 2.75) is 31.8 Å². The highest BCUT2D eigenvalue weighted by Crippen LogP contribution is 2.06. The van der Waals surface area contributed by atoms with Gasteiger partial charge >= 0.3 is 0 Å². The maximum absolute atomic E-state index is 11.4. The smallest absolute Gasteiger partial charge is 0.243 e. The van der Waals surface area contributed by atoms with Crippen molar-refractivity contribution in [2.75, 3.05) is 0 Å². The first-order valence-corrected chi connectivity index (χ1v) is 4.39. The lowest BCUT2D eigenvalue weighted by Crippen LogP contribution is -2.49. The Morgan fingerprint density at radius 1 is 1.64 bits per heavy atom. The lowest BCUT2D eigenvalue weighted by atomic mass is 10.2. The van der Waals surface area contributed by atoms with Gasteiger partial charge in [-0.3, -0.25) is 14.4 Å².